The molecule has 2 nitrogen and oxygen atoms in total. The number of nitrogens with one attached hydrogen (secondary N) is 1. The molecule has 0 bridgehead atoms. The third-order valence-corrected chi connectivity index (χ3v) is 4.86. The van der Waals surface area contributed by atoms with Gasteiger partial charge in [0.05, 0.1) is 5.01 Å². The SMILES string of the molecule is CC(C)c1cnc(CC(C)C2CCNC2)s1. The lowest BCUT2D eigenvalue weighted by molar-refractivity contribution is 0.384. The summed E-state index contributed by atoms with van der Waals surface area (Å²) in [5.41, 5.74) is 0. The van der Waals surface area contributed by atoms with E-state index in [0.29, 0.717) is 5.92 Å². The first-order chi connectivity index (χ1) is 7.66. The Bertz CT molecular complexity index is 326. The molecule has 2 atom stereocenters. The molecule has 0 aliphatic carbocycles. The molecule has 0 amide bonds. The fourth-order valence-electron chi connectivity index (χ4n) is 2.29. The van der Waals surface area contributed by atoms with E-state index in [2.05, 4.69) is 37.3 Å². The number of thiazole rings is 1. The molecule has 1 aliphatic heterocycles. The van der Waals surface area contributed by atoms with Crippen molar-refractivity contribution < 1.29 is 0 Å². The summed E-state index contributed by atoms with van der Waals surface area (Å²) in [5.74, 6) is 2.24. The van der Waals surface area contributed by atoms with E-state index < -0.39 is 0 Å². The highest BCUT2D eigenvalue weighted by Gasteiger charge is 2.22. The number of rotatable bonds is 4. The summed E-state index contributed by atoms with van der Waals surface area (Å²) >= 11 is 1.90. The van der Waals surface area contributed by atoms with Gasteiger partial charge in [0.1, 0.15) is 0 Å². The van der Waals surface area contributed by atoms with Crippen molar-refractivity contribution in [3.8, 4) is 0 Å². The summed E-state index contributed by atoms with van der Waals surface area (Å²) in [5, 5.41) is 4.77. The summed E-state index contributed by atoms with van der Waals surface area (Å²) < 4.78 is 0. The number of hydrogen-bond acceptors (Lipinski definition) is 3. The van der Waals surface area contributed by atoms with E-state index >= 15 is 0 Å². The first kappa shape index (κ1) is 12.1. The van der Waals surface area contributed by atoms with Gasteiger partial charge in [-0.2, -0.15) is 0 Å². The van der Waals surface area contributed by atoms with Crippen molar-refractivity contribution >= 4 is 11.3 Å². The average molecular weight is 238 g/mol. The van der Waals surface area contributed by atoms with Crippen molar-refractivity contribution in [2.75, 3.05) is 13.1 Å². The van der Waals surface area contributed by atoms with E-state index in [9.17, 15) is 0 Å². The third kappa shape index (κ3) is 2.83. The maximum atomic E-state index is 4.55. The Morgan fingerprint density at radius 2 is 2.31 bits per heavy atom. The van der Waals surface area contributed by atoms with Gasteiger partial charge in [-0.3, -0.25) is 0 Å². The zero-order valence-corrected chi connectivity index (χ0v) is 11.3. The second kappa shape index (κ2) is 5.28. The van der Waals surface area contributed by atoms with Crippen LogP contribution < -0.4 is 5.32 Å². The molecule has 1 fully saturated rings. The highest BCUT2D eigenvalue weighted by Crippen LogP contribution is 2.27. The molecule has 2 heterocycles. The topological polar surface area (TPSA) is 24.9 Å². The Morgan fingerprint density at radius 1 is 1.50 bits per heavy atom. The Hall–Kier alpha value is -0.410. The van der Waals surface area contributed by atoms with Gasteiger partial charge in [0, 0.05) is 17.5 Å². The van der Waals surface area contributed by atoms with Crippen molar-refractivity contribution in [3.63, 3.8) is 0 Å². The summed E-state index contributed by atoms with van der Waals surface area (Å²) in [7, 11) is 0. The minimum absolute atomic E-state index is 0.620. The van der Waals surface area contributed by atoms with Crippen LogP contribution >= 0.6 is 11.3 Å². The summed E-state index contributed by atoms with van der Waals surface area (Å²) in [6.07, 6.45) is 4.55. The van der Waals surface area contributed by atoms with Crippen LogP contribution in [0.4, 0.5) is 0 Å². The quantitative estimate of drug-likeness (QED) is 0.872. The zero-order chi connectivity index (χ0) is 11.5. The Kier molecular flexibility index (Phi) is 3.98. The van der Waals surface area contributed by atoms with Crippen LogP contribution in [0.15, 0.2) is 6.20 Å². The van der Waals surface area contributed by atoms with Crippen LogP contribution in [0.2, 0.25) is 0 Å². The molecular weight excluding hydrogens is 216 g/mol. The van der Waals surface area contributed by atoms with Crippen molar-refractivity contribution in [2.45, 2.75) is 39.5 Å². The second-order valence-corrected chi connectivity index (χ2v) is 6.39. The fourth-order valence-corrected chi connectivity index (χ4v) is 3.36. The van der Waals surface area contributed by atoms with Crippen LogP contribution in [0, 0.1) is 11.8 Å². The van der Waals surface area contributed by atoms with Gasteiger partial charge in [-0.15, -0.1) is 11.3 Å². The molecule has 0 radical (unpaired) electrons. The monoisotopic (exact) mass is 238 g/mol. The molecule has 3 heteroatoms. The predicted molar refractivity (Wildman–Crippen MR) is 70.0 cm³/mol. The van der Waals surface area contributed by atoms with Gasteiger partial charge in [0.25, 0.3) is 0 Å². The second-order valence-electron chi connectivity index (χ2n) is 5.25. The van der Waals surface area contributed by atoms with Crippen LogP contribution in [0.1, 0.15) is 43.0 Å². The summed E-state index contributed by atoms with van der Waals surface area (Å²) in [6, 6.07) is 0. The van der Waals surface area contributed by atoms with Gasteiger partial charge in [-0.25, -0.2) is 4.98 Å². The number of hydrogen-bond donors (Lipinski definition) is 1. The molecule has 1 aliphatic rings. The lowest BCUT2D eigenvalue weighted by Gasteiger charge is -2.16. The van der Waals surface area contributed by atoms with Gasteiger partial charge in [0.2, 0.25) is 0 Å². The first-order valence-corrected chi connectivity index (χ1v) is 7.13. The van der Waals surface area contributed by atoms with Gasteiger partial charge in [0.15, 0.2) is 0 Å². The lowest BCUT2D eigenvalue weighted by atomic mass is 9.91. The normalized spacial score (nSPS) is 22.9. The van der Waals surface area contributed by atoms with Crippen molar-refractivity contribution in [1.82, 2.24) is 10.3 Å². The van der Waals surface area contributed by atoms with Crippen molar-refractivity contribution in [1.29, 1.82) is 0 Å². The smallest absolute Gasteiger partial charge is 0.0930 e. The van der Waals surface area contributed by atoms with E-state index in [1.54, 1.807) is 0 Å². The van der Waals surface area contributed by atoms with Crippen molar-refractivity contribution in [2.24, 2.45) is 11.8 Å². The molecule has 16 heavy (non-hydrogen) atoms. The summed E-state index contributed by atoms with van der Waals surface area (Å²) in [4.78, 5) is 5.97. The predicted octanol–water partition coefficient (Wildman–Crippen LogP) is 3.05. The van der Waals surface area contributed by atoms with Crippen LogP contribution in [-0.2, 0) is 6.42 Å². The Balaban J connectivity index is 1.92. The maximum absolute atomic E-state index is 4.55. The van der Waals surface area contributed by atoms with Gasteiger partial charge in [-0.05, 0) is 37.3 Å². The maximum Gasteiger partial charge on any atom is 0.0930 e. The van der Waals surface area contributed by atoms with E-state index in [4.69, 9.17) is 0 Å². The molecule has 1 aromatic rings. The molecule has 0 spiro atoms. The molecule has 2 rings (SSSR count). The molecule has 0 aromatic carbocycles. The van der Waals surface area contributed by atoms with E-state index in [1.807, 2.05) is 11.3 Å². The standard InChI is InChI=1S/C13H22N2S/c1-9(2)12-8-15-13(16-12)6-10(3)11-4-5-14-7-11/h8-11,14H,4-7H2,1-3H3. The Morgan fingerprint density at radius 3 is 2.88 bits per heavy atom. The zero-order valence-electron chi connectivity index (χ0n) is 10.5. The van der Waals surface area contributed by atoms with Crippen LogP contribution in [0.25, 0.3) is 0 Å². The average Bonchev–Trinajstić information content (AvgIpc) is 2.87. The summed E-state index contributed by atoms with van der Waals surface area (Å²) in [6.45, 7) is 9.24. The van der Waals surface area contributed by atoms with Gasteiger partial charge < -0.3 is 5.32 Å². The Labute approximate surface area is 102 Å². The molecule has 1 N–H and O–H groups in total. The third-order valence-electron chi connectivity index (χ3n) is 3.54. The van der Waals surface area contributed by atoms with Crippen molar-refractivity contribution in [3.05, 3.63) is 16.1 Å². The minimum atomic E-state index is 0.620. The van der Waals surface area contributed by atoms with E-state index in [-0.39, 0.29) is 0 Å². The first-order valence-electron chi connectivity index (χ1n) is 6.32. The number of aromatic nitrogens is 1. The van der Waals surface area contributed by atoms with E-state index in [1.165, 1.54) is 29.4 Å². The van der Waals surface area contributed by atoms with Gasteiger partial charge in [-0.1, -0.05) is 20.8 Å². The molecule has 2 unspecified atom stereocenters. The lowest BCUT2D eigenvalue weighted by Crippen LogP contribution is -2.17. The van der Waals surface area contributed by atoms with Crippen LogP contribution in [0.5, 0.6) is 0 Å². The highest BCUT2D eigenvalue weighted by molar-refractivity contribution is 7.11. The fraction of sp³-hybridized carbons (Fsp3) is 0.769. The largest absolute Gasteiger partial charge is 0.316 e. The van der Waals surface area contributed by atoms with Crippen LogP contribution in [0.3, 0.4) is 0 Å². The number of nitrogens with zero attached hydrogens (tertiary/aromatic N) is 1. The molecule has 90 valence electrons. The molecule has 0 saturated carbocycles. The van der Waals surface area contributed by atoms with Crippen LogP contribution in [-0.4, -0.2) is 18.1 Å². The van der Waals surface area contributed by atoms with E-state index in [0.717, 1.165) is 18.3 Å². The van der Waals surface area contributed by atoms with Gasteiger partial charge >= 0.3 is 0 Å². The molecule has 1 aromatic heterocycles. The highest BCUT2D eigenvalue weighted by atomic mass is 32.1. The molecular formula is C13H22N2S. The minimum Gasteiger partial charge on any atom is -0.316 e. The molecule has 1 saturated heterocycles.